The van der Waals surface area contributed by atoms with Gasteiger partial charge < -0.3 is 39.6 Å². The number of carbonyl (C=O) groups excluding carboxylic acids is 4. The number of carboxylic acids is 4. The topological polar surface area (TPSA) is 161 Å². The minimum Gasteiger partial charge on any atom is -0.550 e. The Balaban J connectivity index is -0.000000187. The summed E-state index contributed by atoms with van der Waals surface area (Å²) in [4.78, 5) is 41.2. The Morgan fingerprint density at radius 3 is 1.25 bits per heavy atom. The Bertz CT molecular complexity index is 320. The van der Waals surface area contributed by atoms with Gasteiger partial charge in [0.1, 0.15) is 0 Å². The zero-order valence-corrected chi connectivity index (χ0v) is 19.8. The Labute approximate surface area is 203 Å². The largest absolute Gasteiger partial charge is 1.00 e. The maximum absolute atomic E-state index is 10.5. The van der Waals surface area contributed by atoms with E-state index >= 15 is 0 Å². The number of hydrogen-bond donors (Lipinski definition) is 0. The normalized spacial score (nSPS) is 9.65. The fraction of sp³-hybridized carbons (Fsp3) is 0.500. The van der Waals surface area contributed by atoms with Crippen LogP contribution >= 0.6 is 0 Å². The number of rotatable bonds is 7. The molecule has 0 amide bonds. The summed E-state index contributed by atoms with van der Waals surface area (Å²) in [6.07, 6.45) is -1.56. The predicted molar refractivity (Wildman–Crippen MR) is 36.2 cm³/mol. The van der Waals surface area contributed by atoms with Crippen molar-refractivity contribution in [3.8, 4) is 0 Å². The first-order valence-corrected chi connectivity index (χ1v) is 4.09. The third-order valence-corrected chi connectivity index (χ3v) is 1.87. The van der Waals surface area contributed by atoms with E-state index in [1.807, 2.05) is 0 Å². The molecule has 0 bridgehead atoms. The van der Waals surface area contributed by atoms with Gasteiger partial charge in [0.15, 0.2) is 0 Å². The van der Waals surface area contributed by atoms with Crippen molar-refractivity contribution in [3.63, 3.8) is 0 Å². The van der Waals surface area contributed by atoms with Crippen molar-refractivity contribution in [1.82, 2.24) is 0 Å². The SMILES string of the molecule is O=C([O-])CCC(C(=O)[O-])C(C(=O)[O-])C(=O)[O-].[Na+].[Na+].[Na+].[Na+]. The molecule has 90 valence electrons. The Morgan fingerprint density at radius 1 is 0.700 bits per heavy atom. The van der Waals surface area contributed by atoms with Gasteiger partial charge in [-0.05, 0) is 12.8 Å². The molecule has 0 aliphatic rings. The van der Waals surface area contributed by atoms with Crippen molar-refractivity contribution >= 4 is 23.9 Å². The van der Waals surface area contributed by atoms with E-state index in [0.29, 0.717) is 0 Å². The number of aliphatic carboxylic acids is 4. The summed E-state index contributed by atoms with van der Waals surface area (Å²) < 4.78 is 0. The summed E-state index contributed by atoms with van der Waals surface area (Å²) in [6, 6.07) is 0. The predicted octanol–water partition coefficient (Wildman–Crippen LogP) is -18.0. The molecular weight excluding hydrogens is 316 g/mol. The number of hydrogen-bond acceptors (Lipinski definition) is 8. The maximum Gasteiger partial charge on any atom is 1.00 e. The Kier molecular flexibility index (Phi) is 28.9. The molecule has 0 saturated carbocycles. The van der Waals surface area contributed by atoms with Crippen LogP contribution in [0, 0.1) is 11.8 Å². The van der Waals surface area contributed by atoms with Crippen LogP contribution in [0.25, 0.3) is 0 Å². The van der Waals surface area contributed by atoms with Crippen LogP contribution in [0.4, 0.5) is 0 Å². The van der Waals surface area contributed by atoms with Crippen molar-refractivity contribution < 1.29 is 158 Å². The molecule has 0 fully saturated rings. The van der Waals surface area contributed by atoms with E-state index < -0.39 is 48.6 Å². The first kappa shape index (κ1) is 33.5. The van der Waals surface area contributed by atoms with Crippen LogP contribution in [0.2, 0.25) is 0 Å². The molecule has 0 spiro atoms. The van der Waals surface area contributed by atoms with E-state index in [-0.39, 0.29) is 118 Å². The zero-order chi connectivity index (χ0) is 12.9. The molecule has 0 saturated heterocycles. The first-order chi connectivity index (χ1) is 7.27. The van der Waals surface area contributed by atoms with Crippen LogP contribution < -0.4 is 139 Å². The summed E-state index contributed by atoms with van der Waals surface area (Å²) in [6.45, 7) is 0. The van der Waals surface area contributed by atoms with Gasteiger partial charge >= 0.3 is 118 Å². The van der Waals surface area contributed by atoms with Gasteiger partial charge in [0.25, 0.3) is 0 Å². The molecule has 0 heterocycles. The van der Waals surface area contributed by atoms with Crippen LogP contribution in [0.1, 0.15) is 12.8 Å². The monoisotopic (exact) mass is 322 g/mol. The molecule has 12 heteroatoms. The second-order valence-electron chi connectivity index (χ2n) is 2.95. The summed E-state index contributed by atoms with van der Waals surface area (Å²) in [5, 5.41) is 41.2. The third-order valence-electron chi connectivity index (χ3n) is 1.87. The molecule has 0 aliphatic heterocycles. The van der Waals surface area contributed by atoms with Crippen molar-refractivity contribution in [1.29, 1.82) is 0 Å². The van der Waals surface area contributed by atoms with E-state index in [4.69, 9.17) is 0 Å². The third kappa shape index (κ3) is 13.5. The van der Waals surface area contributed by atoms with Crippen molar-refractivity contribution in [2.45, 2.75) is 12.8 Å². The van der Waals surface area contributed by atoms with Gasteiger partial charge in [-0.2, -0.15) is 0 Å². The summed E-state index contributed by atoms with van der Waals surface area (Å²) in [7, 11) is 0. The Morgan fingerprint density at radius 2 is 1.05 bits per heavy atom. The number of carboxylic acid groups (broad SMARTS) is 4. The maximum atomic E-state index is 10.5. The molecule has 1 atom stereocenters. The molecule has 0 aromatic rings. The summed E-state index contributed by atoms with van der Waals surface area (Å²) in [5.41, 5.74) is 0. The van der Waals surface area contributed by atoms with Gasteiger partial charge in [-0.15, -0.1) is 0 Å². The second kappa shape index (κ2) is 17.2. The fourth-order valence-corrected chi connectivity index (χ4v) is 1.12. The quantitative estimate of drug-likeness (QED) is 0.330. The average Bonchev–Trinajstić information content (AvgIpc) is 2.09. The molecule has 20 heavy (non-hydrogen) atoms. The average molecular weight is 322 g/mol. The summed E-state index contributed by atoms with van der Waals surface area (Å²) >= 11 is 0. The molecule has 0 radical (unpaired) electrons. The van der Waals surface area contributed by atoms with Crippen molar-refractivity contribution in [3.05, 3.63) is 0 Å². The molecule has 0 aliphatic carbocycles. The van der Waals surface area contributed by atoms with Crippen LogP contribution in [0.5, 0.6) is 0 Å². The minimum absolute atomic E-state index is 0. The van der Waals surface area contributed by atoms with Crippen LogP contribution in [0.15, 0.2) is 0 Å². The van der Waals surface area contributed by atoms with Gasteiger partial charge in [0, 0.05) is 23.8 Å². The van der Waals surface area contributed by atoms with E-state index in [1.165, 1.54) is 0 Å². The smallest absolute Gasteiger partial charge is 0.550 e. The molecule has 0 aromatic heterocycles. The first-order valence-electron chi connectivity index (χ1n) is 4.09. The van der Waals surface area contributed by atoms with Gasteiger partial charge in [0.2, 0.25) is 0 Å². The standard InChI is InChI=1S/C8H10O8.4Na/c9-4(10)2-1-3(6(11)12)5(7(13)14)8(15)16;;;;/h3,5H,1-2H2,(H,9,10)(H,11,12)(H,13,14)(H,15,16);;;;/q;4*+1/p-4. The molecule has 0 N–H and O–H groups in total. The van der Waals surface area contributed by atoms with E-state index in [1.54, 1.807) is 0 Å². The van der Waals surface area contributed by atoms with Gasteiger partial charge in [-0.25, -0.2) is 0 Å². The Hall–Kier alpha value is 1.88. The van der Waals surface area contributed by atoms with Crippen LogP contribution in [-0.4, -0.2) is 23.9 Å². The minimum atomic E-state index is -2.45. The van der Waals surface area contributed by atoms with E-state index in [9.17, 15) is 39.6 Å². The van der Waals surface area contributed by atoms with Gasteiger partial charge in [-0.3, -0.25) is 0 Å². The van der Waals surface area contributed by atoms with Crippen molar-refractivity contribution in [2.24, 2.45) is 11.8 Å². The van der Waals surface area contributed by atoms with Gasteiger partial charge in [-0.1, -0.05) is 0 Å². The number of carbonyl (C=O) groups is 4. The van der Waals surface area contributed by atoms with E-state index in [2.05, 4.69) is 0 Å². The van der Waals surface area contributed by atoms with Crippen LogP contribution in [-0.2, 0) is 19.2 Å². The molecular formula is C8H6Na4O8. The second-order valence-corrected chi connectivity index (χ2v) is 2.95. The van der Waals surface area contributed by atoms with Crippen molar-refractivity contribution in [2.75, 3.05) is 0 Å². The fourth-order valence-electron chi connectivity index (χ4n) is 1.12. The molecule has 0 aromatic carbocycles. The van der Waals surface area contributed by atoms with Crippen LogP contribution in [0.3, 0.4) is 0 Å². The molecule has 1 unspecified atom stereocenters. The molecule has 8 nitrogen and oxygen atoms in total. The molecule has 0 rings (SSSR count). The van der Waals surface area contributed by atoms with E-state index in [0.717, 1.165) is 0 Å². The summed E-state index contributed by atoms with van der Waals surface area (Å²) in [5.74, 6) is -12.5. The van der Waals surface area contributed by atoms with Gasteiger partial charge in [0.05, 0.1) is 11.9 Å². The zero-order valence-electron chi connectivity index (χ0n) is 11.8.